The molecule has 4 rings (SSSR count). The number of nitrogens with one attached hydrogen (secondary N) is 3. The summed E-state index contributed by atoms with van der Waals surface area (Å²) in [6, 6.07) is 12.7. The van der Waals surface area contributed by atoms with Crippen molar-refractivity contribution >= 4 is 39.8 Å². The van der Waals surface area contributed by atoms with Gasteiger partial charge in [-0.25, -0.2) is 4.98 Å². The molecule has 0 aliphatic heterocycles. The third-order valence-corrected chi connectivity index (χ3v) is 6.08. The Morgan fingerprint density at radius 1 is 1.09 bits per heavy atom. The highest BCUT2D eigenvalue weighted by Gasteiger charge is 2.34. The van der Waals surface area contributed by atoms with Crippen LogP contribution in [0.2, 0.25) is 5.02 Å². The zero-order chi connectivity index (χ0) is 23.6. The first-order chi connectivity index (χ1) is 15.7. The molecule has 1 fully saturated rings. The quantitative estimate of drug-likeness (QED) is 0.416. The van der Waals surface area contributed by atoms with E-state index in [1.165, 1.54) is 12.1 Å². The molecule has 1 saturated carbocycles. The molecule has 2 aromatic carbocycles. The summed E-state index contributed by atoms with van der Waals surface area (Å²) in [7, 11) is 1.79. The van der Waals surface area contributed by atoms with Gasteiger partial charge < -0.3 is 16.0 Å². The Morgan fingerprint density at radius 2 is 1.88 bits per heavy atom. The van der Waals surface area contributed by atoms with Crippen molar-refractivity contribution in [2.24, 2.45) is 0 Å². The SMILES string of the molecule is CNc1cccc(C(=O)N[C@@H]2CCC[C@H](Nc3cc(C(F)(F)F)nc4ccc(Cl)cc34)C2)c1. The Bertz CT molecular complexity index is 1170. The van der Waals surface area contributed by atoms with Gasteiger partial charge >= 0.3 is 6.18 Å². The lowest BCUT2D eigenvalue weighted by Crippen LogP contribution is -2.41. The molecule has 0 saturated heterocycles. The molecule has 1 heterocycles. The molecular weight excluding hydrogens is 453 g/mol. The third kappa shape index (κ3) is 5.50. The van der Waals surface area contributed by atoms with Crippen molar-refractivity contribution in [1.29, 1.82) is 0 Å². The largest absolute Gasteiger partial charge is 0.433 e. The summed E-state index contributed by atoms with van der Waals surface area (Å²) in [4.78, 5) is 16.5. The molecule has 1 amide bonds. The van der Waals surface area contributed by atoms with E-state index >= 15 is 0 Å². The molecule has 5 nitrogen and oxygen atoms in total. The number of pyridine rings is 1. The van der Waals surface area contributed by atoms with Crippen molar-refractivity contribution in [1.82, 2.24) is 10.3 Å². The van der Waals surface area contributed by atoms with Gasteiger partial charge in [0, 0.05) is 46.5 Å². The maximum absolute atomic E-state index is 13.4. The first-order valence-electron chi connectivity index (χ1n) is 10.8. The molecule has 174 valence electrons. The Hall–Kier alpha value is -3.00. The minimum Gasteiger partial charge on any atom is -0.388 e. The van der Waals surface area contributed by atoms with Gasteiger partial charge in [-0.3, -0.25) is 4.79 Å². The maximum Gasteiger partial charge on any atom is 0.433 e. The van der Waals surface area contributed by atoms with Gasteiger partial charge in [0.15, 0.2) is 0 Å². The van der Waals surface area contributed by atoms with Crippen molar-refractivity contribution in [2.75, 3.05) is 17.7 Å². The van der Waals surface area contributed by atoms with Crippen molar-refractivity contribution in [3.63, 3.8) is 0 Å². The standard InChI is InChI=1S/C24H24ClF3N4O/c1-29-16-5-2-4-14(10-16)23(33)31-18-7-3-6-17(12-18)30-21-13-22(24(26,27)28)32-20-9-8-15(25)11-19(20)21/h2,4-5,8-11,13,17-18,29H,3,6-7,12H2,1H3,(H,30,32)(H,31,33)/t17-,18+/m0/s1. The summed E-state index contributed by atoms with van der Waals surface area (Å²) in [6.45, 7) is 0. The summed E-state index contributed by atoms with van der Waals surface area (Å²) >= 11 is 6.09. The molecule has 0 radical (unpaired) electrons. The number of anilines is 2. The van der Waals surface area contributed by atoms with Crippen LogP contribution in [-0.2, 0) is 6.18 Å². The smallest absolute Gasteiger partial charge is 0.388 e. The second-order valence-electron chi connectivity index (χ2n) is 8.22. The van der Waals surface area contributed by atoms with Gasteiger partial charge in [0.2, 0.25) is 0 Å². The number of aromatic nitrogens is 1. The molecule has 0 spiro atoms. The van der Waals surface area contributed by atoms with Gasteiger partial charge in [-0.1, -0.05) is 17.7 Å². The summed E-state index contributed by atoms with van der Waals surface area (Å²) in [5.74, 6) is -0.168. The Labute approximate surface area is 194 Å². The van der Waals surface area contributed by atoms with E-state index in [1.54, 1.807) is 25.2 Å². The Balaban J connectivity index is 1.52. The average Bonchev–Trinajstić information content (AvgIpc) is 2.79. The van der Waals surface area contributed by atoms with Crippen LogP contribution >= 0.6 is 11.6 Å². The molecule has 0 unspecified atom stereocenters. The van der Waals surface area contributed by atoms with Crippen LogP contribution in [0.15, 0.2) is 48.5 Å². The van der Waals surface area contributed by atoms with Crippen LogP contribution in [0.5, 0.6) is 0 Å². The number of hydrogen-bond acceptors (Lipinski definition) is 4. The molecule has 1 aliphatic carbocycles. The van der Waals surface area contributed by atoms with E-state index in [1.807, 2.05) is 12.1 Å². The second-order valence-corrected chi connectivity index (χ2v) is 8.66. The topological polar surface area (TPSA) is 66.1 Å². The fourth-order valence-electron chi connectivity index (χ4n) is 4.22. The number of fused-ring (bicyclic) bond motifs is 1. The number of halogens is 4. The summed E-state index contributed by atoms with van der Waals surface area (Å²) in [6.07, 6.45) is -1.52. The molecule has 1 aliphatic rings. The van der Waals surface area contributed by atoms with E-state index in [0.29, 0.717) is 28.1 Å². The van der Waals surface area contributed by atoms with Gasteiger partial charge in [0.05, 0.1) is 5.52 Å². The maximum atomic E-state index is 13.4. The van der Waals surface area contributed by atoms with Crippen molar-refractivity contribution < 1.29 is 18.0 Å². The number of alkyl halides is 3. The highest BCUT2D eigenvalue weighted by atomic mass is 35.5. The highest BCUT2D eigenvalue weighted by Crippen LogP contribution is 2.35. The van der Waals surface area contributed by atoms with Crippen LogP contribution in [0, 0.1) is 0 Å². The number of carbonyl (C=O) groups excluding carboxylic acids is 1. The van der Waals surface area contributed by atoms with Gasteiger partial charge in [-0.15, -0.1) is 0 Å². The normalized spacial score (nSPS) is 18.7. The number of carbonyl (C=O) groups is 1. The van der Waals surface area contributed by atoms with E-state index in [4.69, 9.17) is 11.6 Å². The fraction of sp³-hybridized carbons (Fsp3) is 0.333. The van der Waals surface area contributed by atoms with Gasteiger partial charge in [0.25, 0.3) is 5.91 Å². The predicted octanol–water partition coefficient (Wildman–Crippen LogP) is 6.10. The lowest BCUT2D eigenvalue weighted by molar-refractivity contribution is -0.140. The van der Waals surface area contributed by atoms with Crippen LogP contribution < -0.4 is 16.0 Å². The van der Waals surface area contributed by atoms with E-state index in [2.05, 4.69) is 20.9 Å². The van der Waals surface area contributed by atoms with Crippen LogP contribution in [0.4, 0.5) is 24.5 Å². The molecule has 0 bridgehead atoms. The summed E-state index contributed by atoms with van der Waals surface area (Å²) in [5.41, 5.74) is 1.01. The minimum absolute atomic E-state index is 0.0826. The molecule has 9 heteroatoms. The van der Waals surface area contributed by atoms with Gasteiger partial charge in [0.1, 0.15) is 5.69 Å². The Morgan fingerprint density at radius 3 is 2.64 bits per heavy atom. The molecule has 3 N–H and O–H groups in total. The molecular formula is C24H24ClF3N4O. The van der Waals surface area contributed by atoms with Crippen LogP contribution in [0.25, 0.3) is 10.9 Å². The predicted molar refractivity (Wildman–Crippen MR) is 125 cm³/mol. The van der Waals surface area contributed by atoms with Crippen LogP contribution in [0.3, 0.4) is 0 Å². The average molecular weight is 477 g/mol. The van der Waals surface area contributed by atoms with Crippen LogP contribution in [0.1, 0.15) is 41.7 Å². The van der Waals surface area contributed by atoms with E-state index in [9.17, 15) is 18.0 Å². The monoisotopic (exact) mass is 476 g/mol. The van der Waals surface area contributed by atoms with E-state index in [-0.39, 0.29) is 23.5 Å². The number of hydrogen-bond donors (Lipinski definition) is 3. The summed E-state index contributed by atoms with van der Waals surface area (Å²) < 4.78 is 40.2. The van der Waals surface area contributed by atoms with E-state index < -0.39 is 11.9 Å². The van der Waals surface area contributed by atoms with Crippen molar-refractivity contribution in [3.05, 3.63) is 64.8 Å². The highest BCUT2D eigenvalue weighted by molar-refractivity contribution is 6.31. The minimum atomic E-state index is -4.56. The van der Waals surface area contributed by atoms with Crippen LogP contribution in [-0.4, -0.2) is 30.0 Å². The molecule has 2 atom stereocenters. The number of benzene rings is 2. The number of nitrogens with zero attached hydrogens (tertiary/aromatic N) is 1. The number of rotatable bonds is 5. The fourth-order valence-corrected chi connectivity index (χ4v) is 4.39. The lowest BCUT2D eigenvalue weighted by atomic mass is 9.90. The Kier molecular flexibility index (Phi) is 6.65. The first kappa shape index (κ1) is 23.2. The zero-order valence-corrected chi connectivity index (χ0v) is 18.7. The van der Waals surface area contributed by atoms with Gasteiger partial charge in [-0.05, 0) is 68.1 Å². The van der Waals surface area contributed by atoms with Crippen molar-refractivity contribution in [3.8, 4) is 0 Å². The zero-order valence-electron chi connectivity index (χ0n) is 18.0. The molecule has 1 aromatic heterocycles. The van der Waals surface area contributed by atoms with E-state index in [0.717, 1.165) is 31.0 Å². The molecule has 33 heavy (non-hydrogen) atoms. The van der Waals surface area contributed by atoms with Gasteiger partial charge in [-0.2, -0.15) is 13.2 Å². The summed E-state index contributed by atoms with van der Waals surface area (Å²) in [5, 5.41) is 10.3. The third-order valence-electron chi connectivity index (χ3n) is 5.84. The van der Waals surface area contributed by atoms with Crippen molar-refractivity contribution in [2.45, 2.75) is 43.9 Å². The first-order valence-corrected chi connectivity index (χ1v) is 11.1. The second kappa shape index (κ2) is 9.47. The number of amides is 1. The molecule has 3 aromatic rings. The lowest BCUT2D eigenvalue weighted by Gasteiger charge is -2.31.